The molecule has 0 N–H and O–H groups in total. The van der Waals surface area contributed by atoms with Gasteiger partial charge in [0.2, 0.25) is 0 Å². The van der Waals surface area contributed by atoms with Crippen LogP contribution in [-0.4, -0.2) is 10.8 Å². The number of aromatic nitrogens is 1. The fourth-order valence-electron chi connectivity index (χ4n) is 2.59. The minimum Gasteiger partial charge on any atom is -0.316 e. The number of para-hydroxylation sites is 2. The van der Waals surface area contributed by atoms with E-state index in [-0.39, 0.29) is 0 Å². The molecule has 1 aliphatic heterocycles. The van der Waals surface area contributed by atoms with E-state index >= 15 is 0 Å². The van der Waals surface area contributed by atoms with Crippen LogP contribution in [0.25, 0.3) is 28.4 Å². The normalized spacial score (nSPS) is 12.8. The lowest BCUT2D eigenvalue weighted by Gasteiger charge is -2.10. The second-order valence-corrected chi connectivity index (χ2v) is 4.60. The molecule has 0 saturated carbocycles. The molecular formula is C17H12N2. The minimum atomic E-state index is 1.01. The molecule has 0 bridgehead atoms. The number of benzene rings is 2. The van der Waals surface area contributed by atoms with E-state index in [0.717, 1.165) is 5.69 Å². The van der Waals surface area contributed by atoms with Crippen LogP contribution < -0.4 is 0 Å². The Labute approximate surface area is 111 Å². The van der Waals surface area contributed by atoms with Gasteiger partial charge in [0.15, 0.2) is 0 Å². The van der Waals surface area contributed by atoms with Crippen LogP contribution in [-0.2, 0) is 0 Å². The number of rotatable bonds is 0. The summed E-state index contributed by atoms with van der Waals surface area (Å²) in [6.45, 7) is 0. The predicted octanol–water partition coefficient (Wildman–Crippen LogP) is 4.49. The maximum Gasteiger partial charge on any atom is 0.0723 e. The highest BCUT2D eigenvalue weighted by Gasteiger charge is 2.12. The highest BCUT2D eigenvalue weighted by Crippen LogP contribution is 2.35. The van der Waals surface area contributed by atoms with Crippen LogP contribution in [0.3, 0.4) is 0 Å². The van der Waals surface area contributed by atoms with Gasteiger partial charge in [0.25, 0.3) is 0 Å². The van der Waals surface area contributed by atoms with Crippen molar-refractivity contribution in [1.29, 1.82) is 0 Å². The van der Waals surface area contributed by atoms with E-state index in [2.05, 4.69) is 58.2 Å². The van der Waals surface area contributed by atoms with Crippen molar-refractivity contribution in [2.45, 2.75) is 0 Å². The van der Waals surface area contributed by atoms with Crippen LogP contribution in [0.5, 0.6) is 0 Å². The zero-order valence-electron chi connectivity index (χ0n) is 10.3. The third-order valence-corrected chi connectivity index (χ3v) is 3.46. The van der Waals surface area contributed by atoms with Gasteiger partial charge in [0.05, 0.1) is 16.9 Å². The quantitative estimate of drug-likeness (QED) is 0.554. The Kier molecular flexibility index (Phi) is 2.15. The standard InChI is InChI=1S/C17H12N2/c1-4-9-16-13(6-1)12-17-14-7-2-3-8-15(14)18-10-5-11-19(16)17/h1-12H. The molecule has 19 heavy (non-hydrogen) atoms. The fourth-order valence-corrected chi connectivity index (χ4v) is 2.59. The van der Waals surface area contributed by atoms with Crippen molar-refractivity contribution in [2.75, 3.05) is 0 Å². The lowest BCUT2D eigenvalue weighted by Crippen LogP contribution is -1.92. The van der Waals surface area contributed by atoms with Crippen molar-refractivity contribution in [3.05, 3.63) is 60.7 Å². The average molecular weight is 244 g/mol. The average Bonchev–Trinajstić information content (AvgIpc) is 2.79. The second-order valence-electron chi connectivity index (χ2n) is 4.60. The molecule has 2 heteroatoms. The van der Waals surface area contributed by atoms with Crippen molar-refractivity contribution in [2.24, 2.45) is 4.99 Å². The summed E-state index contributed by atoms with van der Waals surface area (Å²) in [4.78, 5) is 4.49. The topological polar surface area (TPSA) is 17.3 Å². The summed E-state index contributed by atoms with van der Waals surface area (Å²) < 4.78 is 2.22. The van der Waals surface area contributed by atoms with Gasteiger partial charge in [0, 0.05) is 23.4 Å². The zero-order valence-corrected chi connectivity index (χ0v) is 10.3. The molecule has 0 atom stereocenters. The van der Waals surface area contributed by atoms with Gasteiger partial charge < -0.3 is 4.57 Å². The first-order chi connectivity index (χ1) is 9.43. The Bertz CT molecular complexity index is 822. The van der Waals surface area contributed by atoms with Gasteiger partial charge in [-0.3, -0.25) is 4.99 Å². The fraction of sp³-hybridized carbons (Fsp3) is 0. The van der Waals surface area contributed by atoms with E-state index in [9.17, 15) is 0 Å². The summed E-state index contributed by atoms with van der Waals surface area (Å²) >= 11 is 0. The molecule has 0 spiro atoms. The summed E-state index contributed by atoms with van der Waals surface area (Å²) in [6.07, 6.45) is 5.89. The number of allylic oxidation sites excluding steroid dienone is 1. The van der Waals surface area contributed by atoms with Gasteiger partial charge >= 0.3 is 0 Å². The van der Waals surface area contributed by atoms with Crippen molar-refractivity contribution in [3.8, 4) is 11.3 Å². The molecule has 2 nitrogen and oxygen atoms in total. The van der Waals surface area contributed by atoms with Gasteiger partial charge in [-0.15, -0.1) is 0 Å². The summed E-state index contributed by atoms with van der Waals surface area (Å²) in [5, 5.41) is 1.25. The third-order valence-electron chi connectivity index (χ3n) is 3.46. The lowest BCUT2D eigenvalue weighted by molar-refractivity contribution is 1.23. The predicted molar refractivity (Wildman–Crippen MR) is 80.9 cm³/mol. The second kappa shape index (κ2) is 3.95. The SMILES string of the molecule is C1=Cn2c(cc3ccccc32)-c2ccccc2N=C1. The summed E-state index contributed by atoms with van der Waals surface area (Å²) in [6, 6.07) is 18.9. The highest BCUT2D eigenvalue weighted by atomic mass is 15.0. The molecular weight excluding hydrogens is 232 g/mol. The van der Waals surface area contributed by atoms with Crippen molar-refractivity contribution >= 4 is 29.0 Å². The number of aliphatic imine (C=N–C) groups is 1. The van der Waals surface area contributed by atoms with Gasteiger partial charge in [-0.2, -0.15) is 0 Å². The van der Waals surface area contributed by atoms with Crippen LogP contribution in [0.15, 0.2) is 65.7 Å². The molecule has 0 aliphatic carbocycles. The molecule has 0 amide bonds. The summed E-state index contributed by atoms with van der Waals surface area (Å²) in [5.41, 5.74) is 4.58. The van der Waals surface area contributed by atoms with Gasteiger partial charge in [-0.1, -0.05) is 36.4 Å². The Hall–Kier alpha value is -2.61. The minimum absolute atomic E-state index is 1.01. The highest BCUT2D eigenvalue weighted by molar-refractivity contribution is 5.94. The van der Waals surface area contributed by atoms with Gasteiger partial charge in [-0.25, -0.2) is 0 Å². The van der Waals surface area contributed by atoms with E-state index in [1.165, 1.54) is 22.2 Å². The molecule has 2 heterocycles. The zero-order chi connectivity index (χ0) is 12.7. The Morgan fingerprint density at radius 2 is 1.74 bits per heavy atom. The molecule has 0 unspecified atom stereocenters. The van der Waals surface area contributed by atoms with Crippen LogP contribution in [0.2, 0.25) is 0 Å². The van der Waals surface area contributed by atoms with Crippen LogP contribution in [0.4, 0.5) is 5.69 Å². The van der Waals surface area contributed by atoms with Crippen LogP contribution in [0.1, 0.15) is 0 Å². The van der Waals surface area contributed by atoms with E-state index in [0.29, 0.717) is 0 Å². The van der Waals surface area contributed by atoms with E-state index in [1.54, 1.807) is 0 Å². The summed E-state index contributed by atoms with van der Waals surface area (Å²) in [7, 11) is 0. The monoisotopic (exact) mass is 244 g/mol. The molecule has 1 aromatic heterocycles. The van der Waals surface area contributed by atoms with Gasteiger partial charge in [-0.05, 0) is 24.3 Å². The smallest absolute Gasteiger partial charge is 0.0723 e. The molecule has 0 fully saturated rings. The van der Waals surface area contributed by atoms with Gasteiger partial charge in [0.1, 0.15) is 0 Å². The number of nitrogens with zero attached hydrogens (tertiary/aromatic N) is 2. The lowest BCUT2D eigenvalue weighted by atomic mass is 10.1. The maximum atomic E-state index is 4.49. The Balaban J connectivity index is 2.14. The molecule has 3 aromatic rings. The molecule has 1 aliphatic rings. The van der Waals surface area contributed by atoms with Crippen LogP contribution >= 0.6 is 0 Å². The first-order valence-electron chi connectivity index (χ1n) is 6.34. The van der Waals surface area contributed by atoms with Crippen LogP contribution in [0, 0.1) is 0 Å². The number of hydrogen-bond donors (Lipinski definition) is 0. The molecule has 0 saturated heterocycles. The van der Waals surface area contributed by atoms with E-state index < -0.39 is 0 Å². The summed E-state index contributed by atoms with van der Waals surface area (Å²) in [5.74, 6) is 0. The number of hydrogen-bond acceptors (Lipinski definition) is 1. The van der Waals surface area contributed by atoms with E-state index in [1.807, 2.05) is 24.4 Å². The van der Waals surface area contributed by atoms with E-state index in [4.69, 9.17) is 0 Å². The Morgan fingerprint density at radius 1 is 0.895 bits per heavy atom. The van der Waals surface area contributed by atoms with Crippen molar-refractivity contribution < 1.29 is 0 Å². The largest absolute Gasteiger partial charge is 0.316 e. The molecule has 4 rings (SSSR count). The molecule has 0 radical (unpaired) electrons. The molecule has 90 valence electrons. The van der Waals surface area contributed by atoms with Crippen molar-refractivity contribution in [1.82, 2.24) is 4.57 Å². The number of fused-ring (bicyclic) bond motifs is 5. The third kappa shape index (κ3) is 1.54. The maximum absolute atomic E-state index is 4.49. The Morgan fingerprint density at radius 3 is 2.74 bits per heavy atom. The first kappa shape index (κ1) is 10.3. The molecule has 2 aromatic carbocycles. The van der Waals surface area contributed by atoms with Crippen molar-refractivity contribution in [3.63, 3.8) is 0 Å². The first-order valence-corrected chi connectivity index (χ1v) is 6.34.